The van der Waals surface area contributed by atoms with Crippen molar-refractivity contribution in [3.63, 3.8) is 0 Å². The molecular formula is C22H19ClFNO. The highest BCUT2D eigenvalue weighted by Crippen LogP contribution is 2.23. The lowest BCUT2D eigenvalue weighted by molar-refractivity contribution is -0.121. The van der Waals surface area contributed by atoms with Crippen LogP contribution in [0.4, 0.5) is 4.39 Å². The van der Waals surface area contributed by atoms with Crippen molar-refractivity contribution in [3.05, 3.63) is 106 Å². The summed E-state index contributed by atoms with van der Waals surface area (Å²) in [6, 6.07) is 21.8. The number of rotatable bonds is 5. The van der Waals surface area contributed by atoms with Gasteiger partial charge in [0.05, 0.1) is 12.5 Å². The van der Waals surface area contributed by atoms with Gasteiger partial charge in [-0.2, -0.15) is 0 Å². The molecule has 0 bridgehead atoms. The standard InChI is InChI=1S/C22H19ClFNO/c1-15-6-5-9-18(12-15)22(16-7-3-2-4-8-16)25-21(26)13-17-10-11-19(23)14-20(17)24/h2-12,14,22H,13H2,1H3,(H,25,26)/t22-/m0/s1. The zero-order valence-electron chi connectivity index (χ0n) is 14.4. The molecule has 3 aromatic rings. The number of benzene rings is 3. The number of aryl methyl sites for hydroxylation is 1. The van der Waals surface area contributed by atoms with Crippen molar-refractivity contribution in [3.8, 4) is 0 Å². The third kappa shape index (κ3) is 4.50. The summed E-state index contributed by atoms with van der Waals surface area (Å²) < 4.78 is 14.0. The van der Waals surface area contributed by atoms with Crippen molar-refractivity contribution in [2.45, 2.75) is 19.4 Å². The molecule has 1 amide bonds. The van der Waals surface area contributed by atoms with Gasteiger partial charge in [-0.25, -0.2) is 4.39 Å². The van der Waals surface area contributed by atoms with Gasteiger partial charge in [0.2, 0.25) is 5.91 Å². The maximum absolute atomic E-state index is 14.0. The summed E-state index contributed by atoms with van der Waals surface area (Å²) in [7, 11) is 0. The average molecular weight is 368 g/mol. The Labute approximate surface area is 157 Å². The van der Waals surface area contributed by atoms with E-state index in [1.807, 2.05) is 61.5 Å². The van der Waals surface area contributed by atoms with Gasteiger partial charge >= 0.3 is 0 Å². The number of nitrogens with one attached hydrogen (secondary N) is 1. The SMILES string of the molecule is Cc1cccc([C@@H](NC(=O)Cc2ccc(Cl)cc2F)c2ccccc2)c1. The Morgan fingerprint density at radius 2 is 1.73 bits per heavy atom. The second-order valence-corrected chi connectivity index (χ2v) is 6.67. The van der Waals surface area contributed by atoms with E-state index in [4.69, 9.17) is 11.6 Å². The van der Waals surface area contributed by atoms with Crippen LogP contribution in [0.15, 0.2) is 72.8 Å². The van der Waals surface area contributed by atoms with Gasteiger partial charge in [0.25, 0.3) is 0 Å². The molecule has 0 unspecified atom stereocenters. The number of halogens is 2. The van der Waals surface area contributed by atoms with Gasteiger partial charge in [-0.05, 0) is 35.7 Å². The molecule has 0 aliphatic carbocycles. The lowest BCUT2D eigenvalue weighted by Crippen LogP contribution is -2.30. The van der Waals surface area contributed by atoms with E-state index in [0.29, 0.717) is 10.6 Å². The number of hydrogen-bond donors (Lipinski definition) is 1. The van der Waals surface area contributed by atoms with Crippen LogP contribution >= 0.6 is 11.6 Å². The molecule has 3 rings (SSSR count). The van der Waals surface area contributed by atoms with Crippen LogP contribution in [0.3, 0.4) is 0 Å². The van der Waals surface area contributed by atoms with E-state index in [0.717, 1.165) is 16.7 Å². The fourth-order valence-corrected chi connectivity index (χ4v) is 3.06. The molecule has 0 saturated carbocycles. The zero-order valence-corrected chi connectivity index (χ0v) is 15.1. The molecule has 0 aromatic heterocycles. The largest absolute Gasteiger partial charge is 0.345 e. The first-order valence-corrected chi connectivity index (χ1v) is 8.75. The highest BCUT2D eigenvalue weighted by molar-refractivity contribution is 6.30. The molecule has 4 heteroatoms. The van der Waals surface area contributed by atoms with Crippen molar-refractivity contribution in [2.75, 3.05) is 0 Å². The Kier molecular flexibility index (Phi) is 5.69. The van der Waals surface area contributed by atoms with Crippen LogP contribution < -0.4 is 5.32 Å². The number of amides is 1. The number of hydrogen-bond acceptors (Lipinski definition) is 1. The molecule has 26 heavy (non-hydrogen) atoms. The third-order valence-corrected chi connectivity index (χ3v) is 4.41. The predicted octanol–water partition coefficient (Wildman–Crippen LogP) is 5.24. The van der Waals surface area contributed by atoms with Gasteiger partial charge in [-0.3, -0.25) is 4.79 Å². The van der Waals surface area contributed by atoms with E-state index >= 15 is 0 Å². The van der Waals surface area contributed by atoms with Crippen LogP contribution in [0.1, 0.15) is 28.3 Å². The van der Waals surface area contributed by atoms with Crippen molar-refractivity contribution in [1.82, 2.24) is 5.32 Å². The van der Waals surface area contributed by atoms with E-state index in [2.05, 4.69) is 5.32 Å². The molecule has 0 aliphatic heterocycles. The average Bonchev–Trinajstić information content (AvgIpc) is 2.63. The normalized spacial score (nSPS) is 11.8. The zero-order chi connectivity index (χ0) is 18.5. The van der Waals surface area contributed by atoms with Crippen molar-refractivity contribution in [2.24, 2.45) is 0 Å². The van der Waals surface area contributed by atoms with Gasteiger partial charge < -0.3 is 5.32 Å². The van der Waals surface area contributed by atoms with Crippen molar-refractivity contribution >= 4 is 17.5 Å². The van der Waals surface area contributed by atoms with Gasteiger partial charge in [0, 0.05) is 5.02 Å². The molecule has 1 N–H and O–H groups in total. The van der Waals surface area contributed by atoms with E-state index in [-0.39, 0.29) is 18.4 Å². The van der Waals surface area contributed by atoms with Crippen LogP contribution in [-0.4, -0.2) is 5.91 Å². The maximum atomic E-state index is 14.0. The quantitative estimate of drug-likeness (QED) is 0.656. The first-order valence-electron chi connectivity index (χ1n) is 8.38. The summed E-state index contributed by atoms with van der Waals surface area (Å²) in [5.41, 5.74) is 3.40. The molecule has 0 saturated heterocycles. The molecule has 0 radical (unpaired) electrons. The minimum Gasteiger partial charge on any atom is -0.345 e. The first kappa shape index (κ1) is 18.2. The van der Waals surface area contributed by atoms with Crippen LogP contribution in [0.2, 0.25) is 5.02 Å². The molecule has 0 spiro atoms. The third-order valence-electron chi connectivity index (χ3n) is 4.18. The van der Waals surface area contributed by atoms with E-state index in [1.165, 1.54) is 6.07 Å². The van der Waals surface area contributed by atoms with E-state index in [9.17, 15) is 9.18 Å². The molecule has 1 atom stereocenters. The Morgan fingerprint density at radius 3 is 2.42 bits per heavy atom. The Balaban J connectivity index is 1.85. The number of carbonyl (C=O) groups is 1. The molecule has 0 fully saturated rings. The Hall–Kier alpha value is -2.65. The van der Waals surface area contributed by atoms with Crippen LogP contribution in [0, 0.1) is 12.7 Å². The second-order valence-electron chi connectivity index (χ2n) is 6.24. The topological polar surface area (TPSA) is 29.1 Å². The molecule has 132 valence electrons. The summed E-state index contributed by atoms with van der Waals surface area (Å²) in [4.78, 5) is 12.6. The molecule has 0 heterocycles. The van der Waals surface area contributed by atoms with Crippen molar-refractivity contribution < 1.29 is 9.18 Å². The highest BCUT2D eigenvalue weighted by Gasteiger charge is 2.18. The van der Waals surface area contributed by atoms with Crippen molar-refractivity contribution in [1.29, 1.82) is 0 Å². The summed E-state index contributed by atoms with van der Waals surface area (Å²) in [5, 5.41) is 3.34. The highest BCUT2D eigenvalue weighted by atomic mass is 35.5. The fourth-order valence-electron chi connectivity index (χ4n) is 2.90. The fraction of sp³-hybridized carbons (Fsp3) is 0.136. The minimum absolute atomic E-state index is 0.0435. The lowest BCUT2D eigenvalue weighted by atomic mass is 9.97. The minimum atomic E-state index is -0.473. The molecular weight excluding hydrogens is 349 g/mol. The van der Waals surface area contributed by atoms with Gasteiger partial charge in [0.1, 0.15) is 5.82 Å². The van der Waals surface area contributed by atoms with Crippen LogP contribution in [0.5, 0.6) is 0 Å². The van der Waals surface area contributed by atoms with Gasteiger partial charge in [-0.15, -0.1) is 0 Å². The van der Waals surface area contributed by atoms with Crippen LogP contribution in [-0.2, 0) is 11.2 Å². The Bertz CT molecular complexity index is 911. The van der Waals surface area contributed by atoms with Gasteiger partial charge in [0.15, 0.2) is 0 Å². The first-order chi connectivity index (χ1) is 12.5. The van der Waals surface area contributed by atoms with Crippen LogP contribution in [0.25, 0.3) is 0 Å². The lowest BCUT2D eigenvalue weighted by Gasteiger charge is -2.20. The summed E-state index contributed by atoms with van der Waals surface area (Å²) in [6.45, 7) is 2.01. The summed E-state index contributed by atoms with van der Waals surface area (Å²) in [6.07, 6.45) is -0.0435. The van der Waals surface area contributed by atoms with E-state index in [1.54, 1.807) is 12.1 Å². The molecule has 2 nitrogen and oxygen atoms in total. The summed E-state index contributed by atoms with van der Waals surface area (Å²) >= 11 is 5.77. The maximum Gasteiger partial charge on any atom is 0.225 e. The monoisotopic (exact) mass is 367 g/mol. The molecule has 3 aromatic carbocycles. The molecule has 0 aliphatic rings. The number of carbonyl (C=O) groups excluding carboxylic acids is 1. The predicted molar refractivity (Wildman–Crippen MR) is 103 cm³/mol. The Morgan fingerprint density at radius 1 is 1.00 bits per heavy atom. The smallest absolute Gasteiger partial charge is 0.225 e. The van der Waals surface area contributed by atoms with Gasteiger partial charge in [-0.1, -0.05) is 77.8 Å². The van der Waals surface area contributed by atoms with E-state index < -0.39 is 5.82 Å². The summed E-state index contributed by atoms with van der Waals surface area (Å²) in [5.74, 6) is -0.721. The second kappa shape index (κ2) is 8.15.